The fourth-order valence-electron chi connectivity index (χ4n) is 2.14. The average molecular weight is 393 g/mol. The molecule has 0 amide bonds. The molecule has 0 spiro atoms. The highest BCUT2D eigenvalue weighted by Gasteiger charge is 2.31. The van der Waals surface area contributed by atoms with Gasteiger partial charge in [-0.15, -0.1) is 13.2 Å². The topological polar surface area (TPSA) is 64.6 Å². The lowest BCUT2D eigenvalue weighted by molar-refractivity contribution is -0.274. The zero-order valence-electron chi connectivity index (χ0n) is 13.7. The molecule has 0 saturated carbocycles. The molecule has 142 valence electrons. The number of benzene rings is 2. The molecule has 0 radical (unpaired) electrons. The molecular weight excluding hydrogens is 378 g/mol. The molecule has 2 rings (SSSR count). The van der Waals surface area contributed by atoms with E-state index in [-0.39, 0.29) is 10.6 Å². The van der Waals surface area contributed by atoms with Crippen molar-refractivity contribution in [2.75, 3.05) is 7.11 Å². The van der Waals surface area contributed by atoms with Crippen molar-refractivity contribution in [3.05, 3.63) is 53.8 Å². The van der Waals surface area contributed by atoms with Crippen LogP contribution in [0.25, 0.3) is 0 Å². The summed E-state index contributed by atoms with van der Waals surface area (Å²) in [6, 6.07) is 6.93. The van der Waals surface area contributed by atoms with E-state index in [0.29, 0.717) is 5.56 Å². The summed E-state index contributed by atoms with van der Waals surface area (Å²) in [5.41, 5.74) is 0.351. The predicted octanol–water partition coefficient (Wildman–Crippen LogP) is 3.77. The van der Waals surface area contributed by atoms with Crippen LogP contribution in [0, 0.1) is 5.82 Å². The molecule has 10 heteroatoms. The molecule has 0 aromatic heterocycles. The molecule has 0 fully saturated rings. The van der Waals surface area contributed by atoms with Gasteiger partial charge in [-0.2, -0.15) is 0 Å². The van der Waals surface area contributed by atoms with E-state index < -0.39 is 34.0 Å². The van der Waals surface area contributed by atoms with Gasteiger partial charge in [0.05, 0.1) is 12.0 Å². The molecule has 1 N–H and O–H groups in total. The molecule has 2 aromatic rings. The van der Waals surface area contributed by atoms with Gasteiger partial charge in [0.25, 0.3) is 0 Å². The molecule has 5 nitrogen and oxygen atoms in total. The van der Waals surface area contributed by atoms with Gasteiger partial charge in [-0.25, -0.2) is 17.5 Å². The summed E-state index contributed by atoms with van der Waals surface area (Å²) >= 11 is 0. The van der Waals surface area contributed by atoms with Crippen LogP contribution >= 0.6 is 0 Å². The van der Waals surface area contributed by atoms with Crippen molar-refractivity contribution < 1.29 is 35.5 Å². The highest BCUT2D eigenvalue weighted by atomic mass is 32.2. The molecule has 1 atom stereocenters. The van der Waals surface area contributed by atoms with Crippen LogP contribution in [0.2, 0.25) is 0 Å². The first kappa shape index (κ1) is 20.0. The Morgan fingerprint density at radius 2 is 1.69 bits per heavy atom. The lowest BCUT2D eigenvalue weighted by Gasteiger charge is -2.16. The van der Waals surface area contributed by atoms with Crippen LogP contribution in [-0.4, -0.2) is 21.9 Å². The van der Waals surface area contributed by atoms with E-state index in [1.54, 1.807) is 0 Å². The minimum absolute atomic E-state index is 0.0176. The van der Waals surface area contributed by atoms with E-state index in [0.717, 1.165) is 30.3 Å². The zero-order valence-corrected chi connectivity index (χ0v) is 14.5. The maximum absolute atomic E-state index is 13.7. The van der Waals surface area contributed by atoms with Crippen molar-refractivity contribution in [2.24, 2.45) is 0 Å². The fourth-order valence-corrected chi connectivity index (χ4v) is 3.37. The molecule has 1 unspecified atom stereocenters. The van der Waals surface area contributed by atoms with Crippen molar-refractivity contribution in [1.82, 2.24) is 4.72 Å². The Bertz CT molecular complexity index is 867. The second-order valence-corrected chi connectivity index (χ2v) is 6.97. The maximum Gasteiger partial charge on any atom is 0.573 e. The summed E-state index contributed by atoms with van der Waals surface area (Å²) in [5, 5.41) is 0. The molecule has 0 saturated heterocycles. The molecule has 0 aliphatic carbocycles. The van der Waals surface area contributed by atoms with Gasteiger partial charge in [-0.1, -0.05) is 6.07 Å². The Kier molecular flexibility index (Phi) is 5.77. The Hall–Kier alpha value is -2.33. The van der Waals surface area contributed by atoms with Crippen molar-refractivity contribution in [1.29, 1.82) is 0 Å². The number of nitrogens with one attached hydrogen (secondary N) is 1. The normalized spacial score (nSPS) is 13.3. The Morgan fingerprint density at radius 1 is 1.08 bits per heavy atom. The van der Waals surface area contributed by atoms with Gasteiger partial charge in [0.15, 0.2) is 11.6 Å². The van der Waals surface area contributed by atoms with Crippen LogP contribution < -0.4 is 14.2 Å². The van der Waals surface area contributed by atoms with Crippen LogP contribution in [-0.2, 0) is 10.0 Å². The predicted molar refractivity (Wildman–Crippen MR) is 84.8 cm³/mol. The smallest absolute Gasteiger partial charge is 0.494 e. The third kappa shape index (κ3) is 5.09. The lowest BCUT2D eigenvalue weighted by atomic mass is 10.1. The quantitative estimate of drug-likeness (QED) is 0.759. The number of rotatable bonds is 6. The standard InChI is InChI=1S/C16H15F4NO4S/c1-10(11-3-8-15(24-2)14(17)9-11)21-26(22,23)13-6-4-12(5-7-13)25-16(18,19)20/h3-10,21H,1-2H3. The zero-order chi connectivity index (χ0) is 19.5. The minimum Gasteiger partial charge on any atom is -0.494 e. The largest absolute Gasteiger partial charge is 0.573 e. The van der Waals surface area contributed by atoms with Gasteiger partial charge in [0.1, 0.15) is 5.75 Å². The Labute approximate surface area is 147 Å². The summed E-state index contributed by atoms with van der Waals surface area (Å²) < 4.78 is 85.6. The number of methoxy groups -OCH3 is 1. The summed E-state index contributed by atoms with van der Waals surface area (Å²) in [6.07, 6.45) is -4.87. The van der Waals surface area contributed by atoms with Gasteiger partial charge in [-0.3, -0.25) is 0 Å². The molecule has 0 bridgehead atoms. The van der Waals surface area contributed by atoms with Crippen molar-refractivity contribution >= 4 is 10.0 Å². The average Bonchev–Trinajstić information content (AvgIpc) is 2.53. The first-order valence-corrected chi connectivity index (χ1v) is 8.72. The van der Waals surface area contributed by atoms with Gasteiger partial charge < -0.3 is 9.47 Å². The summed E-state index contributed by atoms with van der Waals surface area (Å²) in [4.78, 5) is -0.257. The molecule has 26 heavy (non-hydrogen) atoms. The van der Waals surface area contributed by atoms with Gasteiger partial charge >= 0.3 is 6.36 Å². The van der Waals surface area contributed by atoms with Crippen LogP contribution in [0.5, 0.6) is 11.5 Å². The number of sulfonamides is 1. The Balaban J connectivity index is 2.16. The van der Waals surface area contributed by atoms with Crippen molar-refractivity contribution in [3.63, 3.8) is 0 Å². The molecular formula is C16H15F4NO4S. The van der Waals surface area contributed by atoms with Crippen LogP contribution in [0.3, 0.4) is 0 Å². The van der Waals surface area contributed by atoms with E-state index >= 15 is 0 Å². The molecule has 0 aliphatic heterocycles. The monoisotopic (exact) mass is 393 g/mol. The first-order chi connectivity index (χ1) is 12.0. The third-order valence-electron chi connectivity index (χ3n) is 3.38. The van der Waals surface area contributed by atoms with Gasteiger partial charge in [0.2, 0.25) is 10.0 Å². The molecule has 2 aromatic carbocycles. The fraction of sp³-hybridized carbons (Fsp3) is 0.250. The van der Waals surface area contributed by atoms with E-state index in [2.05, 4.69) is 9.46 Å². The van der Waals surface area contributed by atoms with Gasteiger partial charge in [-0.05, 0) is 48.9 Å². The number of halogens is 4. The second-order valence-electron chi connectivity index (χ2n) is 5.26. The summed E-state index contributed by atoms with van der Waals surface area (Å²) in [6.45, 7) is 1.50. The summed E-state index contributed by atoms with van der Waals surface area (Å²) in [5.74, 6) is -1.17. The first-order valence-electron chi connectivity index (χ1n) is 7.23. The number of ether oxygens (including phenoxy) is 2. The van der Waals surface area contributed by atoms with E-state index in [4.69, 9.17) is 4.74 Å². The highest BCUT2D eigenvalue weighted by molar-refractivity contribution is 7.89. The summed E-state index contributed by atoms with van der Waals surface area (Å²) in [7, 11) is -2.74. The number of alkyl halides is 3. The van der Waals surface area contributed by atoms with E-state index in [1.165, 1.54) is 26.2 Å². The van der Waals surface area contributed by atoms with Crippen LogP contribution in [0.4, 0.5) is 17.6 Å². The van der Waals surface area contributed by atoms with Gasteiger partial charge in [0, 0.05) is 6.04 Å². The van der Waals surface area contributed by atoms with E-state index in [1.807, 2.05) is 0 Å². The van der Waals surface area contributed by atoms with Crippen LogP contribution in [0.1, 0.15) is 18.5 Å². The second kappa shape index (κ2) is 7.50. The van der Waals surface area contributed by atoms with Crippen molar-refractivity contribution in [3.8, 4) is 11.5 Å². The maximum atomic E-state index is 13.7. The number of hydrogen-bond acceptors (Lipinski definition) is 4. The van der Waals surface area contributed by atoms with Crippen LogP contribution in [0.15, 0.2) is 47.4 Å². The lowest BCUT2D eigenvalue weighted by Crippen LogP contribution is -2.27. The van der Waals surface area contributed by atoms with E-state index in [9.17, 15) is 26.0 Å². The third-order valence-corrected chi connectivity index (χ3v) is 4.93. The number of hydrogen-bond donors (Lipinski definition) is 1. The highest BCUT2D eigenvalue weighted by Crippen LogP contribution is 2.26. The SMILES string of the molecule is COc1ccc(C(C)NS(=O)(=O)c2ccc(OC(F)(F)F)cc2)cc1F. The molecule has 0 aliphatic rings. The Morgan fingerprint density at radius 3 is 2.19 bits per heavy atom. The molecule has 0 heterocycles. The van der Waals surface area contributed by atoms with Crippen molar-refractivity contribution in [2.45, 2.75) is 24.2 Å². The minimum atomic E-state index is -4.87.